The highest BCUT2D eigenvalue weighted by Crippen LogP contribution is 2.21. The zero-order chi connectivity index (χ0) is 12.5. The molecule has 0 bridgehead atoms. The second-order valence-corrected chi connectivity index (χ2v) is 5.33. The molecule has 0 aliphatic carbocycles. The summed E-state index contributed by atoms with van der Waals surface area (Å²) in [6, 6.07) is 4.23. The molecule has 0 radical (unpaired) electrons. The molecule has 0 amide bonds. The van der Waals surface area contributed by atoms with Gasteiger partial charge in [0.05, 0.1) is 0 Å². The number of anilines is 1. The normalized spacial score (nSPS) is 11.4. The van der Waals surface area contributed by atoms with Gasteiger partial charge < -0.3 is 0 Å². The van der Waals surface area contributed by atoms with Gasteiger partial charge in [0.25, 0.3) is 10.0 Å². The van der Waals surface area contributed by atoms with Crippen LogP contribution in [0.1, 0.15) is 0 Å². The Kier molecular flexibility index (Phi) is 3.07. The zero-order valence-corrected chi connectivity index (χ0v) is 9.86. The quantitative estimate of drug-likeness (QED) is 0.935. The number of hydrogen-bond acceptors (Lipinski definition) is 4. The highest BCUT2D eigenvalue weighted by Gasteiger charge is 2.24. The molecule has 1 aromatic carbocycles. The first-order valence-electron chi connectivity index (χ1n) is 4.38. The molecular weight excluding hydrogens is 270 g/mol. The second-order valence-electron chi connectivity index (χ2n) is 3.04. The molecule has 2 aromatic rings. The first kappa shape index (κ1) is 11.9. The Labute approximate surface area is 100 Å². The fourth-order valence-electron chi connectivity index (χ4n) is 1.19. The lowest BCUT2D eigenvalue weighted by Gasteiger charge is -2.07. The van der Waals surface area contributed by atoms with Gasteiger partial charge in [0, 0.05) is 5.38 Å². The molecular formula is C9H6F2N2O2S2. The van der Waals surface area contributed by atoms with Crippen molar-refractivity contribution in [3.63, 3.8) is 0 Å². The lowest BCUT2D eigenvalue weighted by molar-refractivity contribution is 0.521. The first-order valence-corrected chi connectivity index (χ1v) is 6.70. The largest absolute Gasteiger partial charge is 0.268 e. The van der Waals surface area contributed by atoms with Crippen molar-refractivity contribution in [2.75, 3.05) is 4.72 Å². The van der Waals surface area contributed by atoms with Crippen LogP contribution >= 0.6 is 11.5 Å². The molecule has 1 heterocycles. The average Bonchev–Trinajstić information content (AvgIpc) is 2.68. The van der Waals surface area contributed by atoms with E-state index in [4.69, 9.17) is 0 Å². The van der Waals surface area contributed by atoms with E-state index in [1.54, 1.807) is 0 Å². The van der Waals surface area contributed by atoms with Gasteiger partial charge in [-0.1, -0.05) is 6.07 Å². The van der Waals surface area contributed by atoms with Crippen LogP contribution in [0.25, 0.3) is 0 Å². The molecule has 0 aliphatic heterocycles. The second kappa shape index (κ2) is 4.38. The lowest BCUT2D eigenvalue weighted by atomic mass is 10.3. The van der Waals surface area contributed by atoms with Crippen molar-refractivity contribution in [2.45, 2.75) is 4.90 Å². The summed E-state index contributed by atoms with van der Waals surface area (Å²) in [5, 5.41) is 1.54. The van der Waals surface area contributed by atoms with Crippen LogP contribution in [-0.2, 0) is 10.0 Å². The van der Waals surface area contributed by atoms with Gasteiger partial charge in [-0.05, 0) is 29.7 Å². The summed E-state index contributed by atoms with van der Waals surface area (Å²) in [7, 11) is -4.30. The van der Waals surface area contributed by atoms with E-state index in [1.165, 1.54) is 11.4 Å². The SMILES string of the molecule is O=S(=O)(Nc1ccsn1)c1c(F)cccc1F. The van der Waals surface area contributed by atoms with Crippen molar-refractivity contribution in [2.24, 2.45) is 0 Å². The van der Waals surface area contributed by atoms with E-state index in [0.29, 0.717) is 0 Å². The van der Waals surface area contributed by atoms with Crippen molar-refractivity contribution in [1.29, 1.82) is 0 Å². The minimum Gasteiger partial charge on any atom is -0.262 e. The third kappa shape index (κ3) is 2.42. The average molecular weight is 276 g/mol. The minimum atomic E-state index is -4.30. The third-order valence-electron chi connectivity index (χ3n) is 1.86. The predicted octanol–water partition coefficient (Wildman–Crippen LogP) is 2.22. The molecule has 90 valence electrons. The van der Waals surface area contributed by atoms with Gasteiger partial charge in [0.2, 0.25) is 0 Å². The van der Waals surface area contributed by atoms with Crippen LogP contribution in [0.4, 0.5) is 14.6 Å². The minimum absolute atomic E-state index is 0.0256. The molecule has 0 aliphatic rings. The van der Waals surface area contributed by atoms with Crippen LogP contribution < -0.4 is 4.72 Å². The number of aromatic nitrogens is 1. The molecule has 0 spiro atoms. The van der Waals surface area contributed by atoms with E-state index in [-0.39, 0.29) is 5.82 Å². The van der Waals surface area contributed by atoms with Crippen molar-refractivity contribution in [3.8, 4) is 0 Å². The number of benzene rings is 1. The van der Waals surface area contributed by atoms with Crippen LogP contribution in [0.15, 0.2) is 34.5 Å². The standard InChI is InChI=1S/C9H6F2N2O2S2/c10-6-2-1-3-7(11)9(6)17(14,15)13-8-4-5-16-12-8/h1-5H,(H,12,13). The Bertz CT molecular complexity index is 606. The Hall–Kier alpha value is -1.54. The van der Waals surface area contributed by atoms with Crippen LogP contribution in [-0.4, -0.2) is 12.8 Å². The van der Waals surface area contributed by atoms with Crippen molar-refractivity contribution in [3.05, 3.63) is 41.3 Å². The van der Waals surface area contributed by atoms with Crippen molar-refractivity contribution < 1.29 is 17.2 Å². The van der Waals surface area contributed by atoms with Gasteiger partial charge in [-0.2, -0.15) is 4.37 Å². The van der Waals surface area contributed by atoms with Gasteiger partial charge in [0.15, 0.2) is 10.7 Å². The number of nitrogens with one attached hydrogen (secondary N) is 1. The zero-order valence-electron chi connectivity index (χ0n) is 8.22. The number of sulfonamides is 1. The van der Waals surface area contributed by atoms with Crippen LogP contribution in [0, 0.1) is 11.6 Å². The molecule has 0 saturated heterocycles. The smallest absolute Gasteiger partial charge is 0.262 e. The highest BCUT2D eigenvalue weighted by molar-refractivity contribution is 7.92. The van der Waals surface area contributed by atoms with Gasteiger partial charge in [-0.25, -0.2) is 17.2 Å². The molecule has 1 aromatic heterocycles. The van der Waals surface area contributed by atoms with Crippen molar-refractivity contribution in [1.82, 2.24) is 4.37 Å². The summed E-state index contributed by atoms with van der Waals surface area (Å²) in [6.45, 7) is 0. The van der Waals surface area contributed by atoms with Gasteiger partial charge in [-0.15, -0.1) is 0 Å². The van der Waals surface area contributed by atoms with Crippen LogP contribution in [0.3, 0.4) is 0 Å². The summed E-state index contributed by atoms with van der Waals surface area (Å²) >= 11 is 1.02. The summed E-state index contributed by atoms with van der Waals surface area (Å²) in [5.74, 6) is -2.27. The van der Waals surface area contributed by atoms with Gasteiger partial charge in [0.1, 0.15) is 11.6 Å². The fourth-order valence-corrected chi connectivity index (χ4v) is 2.86. The van der Waals surface area contributed by atoms with E-state index >= 15 is 0 Å². The third-order valence-corrected chi connectivity index (χ3v) is 3.83. The summed E-state index contributed by atoms with van der Waals surface area (Å²) in [6.07, 6.45) is 0. The Morgan fingerprint density at radius 2 is 1.82 bits per heavy atom. The molecule has 0 fully saturated rings. The fraction of sp³-hybridized carbons (Fsp3) is 0. The molecule has 17 heavy (non-hydrogen) atoms. The van der Waals surface area contributed by atoms with Crippen LogP contribution in [0.5, 0.6) is 0 Å². The predicted molar refractivity (Wildman–Crippen MR) is 59.3 cm³/mol. The maximum Gasteiger partial charge on any atom is 0.268 e. The molecule has 2 rings (SSSR count). The van der Waals surface area contributed by atoms with Gasteiger partial charge in [-0.3, -0.25) is 4.72 Å². The maximum atomic E-state index is 13.3. The number of halogens is 2. The highest BCUT2D eigenvalue weighted by atomic mass is 32.2. The number of hydrogen-bond donors (Lipinski definition) is 1. The number of nitrogens with zero attached hydrogens (tertiary/aromatic N) is 1. The summed E-state index contributed by atoms with van der Waals surface area (Å²) < 4.78 is 55.7. The Balaban J connectivity index is 2.45. The molecule has 4 nitrogen and oxygen atoms in total. The van der Waals surface area contributed by atoms with Gasteiger partial charge >= 0.3 is 0 Å². The summed E-state index contributed by atoms with van der Waals surface area (Å²) in [5.41, 5.74) is 0. The lowest BCUT2D eigenvalue weighted by Crippen LogP contribution is -2.16. The maximum absolute atomic E-state index is 13.3. The first-order chi connectivity index (χ1) is 8.00. The van der Waals surface area contributed by atoms with E-state index in [9.17, 15) is 17.2 Å². The van der Waals surface area contributed by atoms with Crippen LogP contribution in [0.2, 0.25) is 0 Å². The topological polar surface area (TPSA) is 59.1 Å². The monoisotopic (exact) mass is 276 g/mol. The molecule has 8 heteroatoms. The summed E-state index contributed by atoms with van der Waals surface area (Å²) in [4.78, 5) is -1.01. The van der Waals surface area contributed by atoms with E-state index in [2.05, 4.69) is 4.37 Å². The molecule has 0 saturated carbocycles. The molecule has 0 unspecified atom stereocenters. The van der Waals surface area contributed by atoms with E-state index < -0.39 is 26.6 Å². The van der Waals surface area contributed by atoms with Crippen molar-refractivity contribution >= 4 is 27.4 Å². The van der Waals surface area contributed by atoms with E-state index in [0.717, 1.165) is 29.7 Å². The molecule has 1 N–H and O–H groups in total. The number of rotatable bonds is 3. The molecule has 0 atom stereocenters. The Morgan fingerprint density at radius 1 is 1.18 bits per heavy atom. The van der Waals surface area contributed by atoms with E-state index in [1.807, 2.05) is 4.72 Å². The Morgan fingerprint density at radius 3 is 2.35 bits per heavy atom.